The Morgan fingerprint density at radius 1 is 1.60 bits per heavy atom. The SMILES string of the molecule is COCCCn1ccnc1NCC(F)F. The molecule has 0 aliphatic carbocycles. The number of anilines is 1. The molecule has 1 N–H and O–H groups in total. The van der Waals surface area contributed by atoms with Crippen LogP contribution in [0.5, 0.6) is 0 Å². The second-order valence-electron chi connectivity index (χ2n) is 3.06. The van der Waals surface area contributed by atoms with Gasteiger partial charge in [-0.3, -0.25) is 0 Å². The maximum atomic E-state index is 11.9. The molecule has 0 atom stereocenters. The molecule has 15 heavy (non-hydrogen) atoms. The number of methoxy groups -OCH3 is 1. The van der Waals surface area contributed by atoms with E-state index >= 15 is 0 Å². The van der Waals surface area contributed by atoms with Crippen molar-refractivity contribution in [2.24, 2.45) is 0 Å². The first-order valence-corrected chi connectivity index (χ1v) is 4.76. The van der Waals surface area contributed by atoms with E-state index in [4.69, 9.17) is 4.74 Å². The molecule has 0 spiro atoms. The Balaban J connectivity index is 2.39. The summed E-state index contributed by atoms with van der Waals surface area (Å²) >= 11 is 0. The van der Waals surface area contributed by atoms with Gasteiger partial charge in [0.15, 0.2) is 0 Å². The number of aryl methyl sites for hydroxylation is 1. The number of imidazole rings is 1. The van der Waals surface area contributed by atoms with Gasteiger partial charge >= 0.3 is 0 Å². The Labute approximate surface area is 87.3 Å². The second-order valence-corrected chi connectivity index (χ2v) is 3.06. The fraction of sp³-hybridized carbons (Fsp3) is 0.667. The van der Waals surface area contributed by atoms with E-state index in [1.807, 2.05) is 0 Å². The highest BCUT2D eigenvalue weighted by molar-refractivity contribution is 5.25. The summed E-state index contributed by atoms with van der Waals surface area (Å²) in [5.74, 6) is 0.478. The first-order chi connectivity index (χ1) is 7.24. The first-order valence-electron chi connectivity index (χ1n) is 4.76. The standard InChI is InChI=1S/C9H15F2N3O/c1-15-6-2-4-14-5-3-12-9(14)13-7-8(10)11/h3,5,8H,2,4,6-7H2,1H3,(H,12,13). The lowest BCUT2D eigenvalue weighted by atomic mass is 10.4. The van der Waals surface area contributed by atoms with Crippen LogP contribution in [0.4, 0.5) is 14.7 Å². The highest BCUT2D eigenvalue weighted by Gasteiger charge is 2.05. The molecule has 0 radical (unpaired) electrons. The topological polar surface area (TPSA) is 39.1 Å². The van der Waals surface area contributed by atoms with Gasteiger partial charge in [0.05, 0.1) is 6.54 Å². The van der Waals surface area contributed by atoms with Crippen LogP contribution in [0.2, 0.25) is 0 Å². The molecule has 0 fully saturated rings. The second kappa shape index (κ2) is 6.34. The summed E-state index contributed by atoms with van der Waals surface area (Å²) in [5, 5.41) is 2.58. The molecule has 1 aromatic heterocycles. The molecule has 0 aromatic carbocycles. The summed E-state index contributed by atoms with van der Waals surface area (Å²) < 4.78 is 30.6. The molecule has 6 heteroatoms. The van der Waals surface area contributed by atoms with Crippen molar-refractivity contribution < 1.29 is 13.5 Å². The summed E-state index contributed by atoms with van der Waals surface area (Å²) in [4.78, 5) is 3.94. The summed E-state index contributed by atoms with van der Waals surface area (Å²) in [7, 11) is 1.63. The number of hydrogen-bond donors (Lipinski definition) is 1. The third kappa shape index (κ3) is 4.24. The zero-order valence-corrected chi connectivity index (χ0v) is 8.62. The third-order valence-corrected chi connectivity index (χ3v) is 1.88. The van der Waals surface area contributed by atoms with E-state index < -0.39 is 6.43 Å². The lowest BCUT2D eigenvalue weighted by Gasteiger charge is -2.08. The maximum absolute atomic E-state index is 11.9. The summed E-state index contributed by atoms with van der Waals surface area (Å²) in [6.45, 7) is 0.979. The van der Waals surface area contributed by atoms with Crippen LogP contribution in [-0.2, 0) is 11.3 Å². The number of alkyl halides is 2. The fourth-order valence-electron chi connectivity index (χ4n) is 1.20. The van der Waals surface area contributed by atoms with Crippen LogP contribution in [0.25, 0.3) is 0 Å². The van der Waals surface area contributed by atoms with Crippen molar-refractivity contribution in [3.63, 3.8) is 0 Å². The van der Waals surface area contributed by atoms with Crippen LogP contribution in [0, 0.1) is 0 Å². The number of halogens is 2. The number of ether oxygens (including phenoxy) is 1. The van der Waals surface area contributed by atoms with Crippen molar-refractivity contribution in [1.29, 1.82) is 0 Å². The third-order valence-electron chi connectivity index (χ3n) is 1.88. The van der Waals surface area contributed by atoms with Gasteiger partial charge in [-0.1, -0.05) is 0 Å². The van der Waals surface area contributed by atoms with E-state index in [0.29, 0.717) is 19.1 Å². The minimum Gasteiger partial charge on any atom is -0.385 e. The van der Waals surface area contributed by atoms with Crippen LogP contribution in [-0.4, -0.2) is 36.2 Å². The smallest absolute Gasteiger partial charge is 0.255 e. The molecule has 0 bridgehead atoms. The van der Waals surface area contributed by atoms with Gasteiger partial charge in [-0.15, -0.1) is 0 Å². The fourth-order valence-corrected chi connectivity index (χ4v) is 1.20. The van der Waals surface area contributed by atoms with E-state index in [0.717, 1.165) is 6.42 Å². The Bertz CT molecular complexity index is 278. The Morgan fingerprint density at radius 2 is 2.40 bits per heavy atom. The van der Waals surface area contributed by atoms with Crippen molar-refractivity contribution in [2.45, 2.75) is 19.4 Å². The van der Waals surface area contributed by atoms with Crippen molar-refractivity contribution in [1.82, 2.24) is 9.55 Å². The van der Waals surface area contributed by atoms with E-state index in [-0.39, 0.29) is 6.54 Å². The van der Waals surface area contributed by atoms with E-state index in [2.05, 4.69) is 10.3 Å². The summed E-state index contributed by atoms with van der Waals surface area (Å²) in [6, 6.07) is 0. The monoisotopic (exact) mass is 219 g/mol. The highest BCUT2D eigenvalue weighted by Crippen LogP contribution is 2.06. The number of rotatable bonds is 7. The predicted octanol–water partition coefficient (Wildman–Crippen LogP) is 1.60. The average molecular weight is 219 g/mol. The summed E-state index contributed by atoms with van der Waals surface area (Å²) in [5.41, 5.74) is 0. The van der Waals surface area contributed by atoms with Crippen molar-refractivity contribution in [3.8, 4) is 0 Å². The Morgan fingerprint density at radius 3 is 3.07 bits per heavy atom. The Hall–Kier alpha value is -1.17. The molecule has 0 amide bonds. The largest absolute Gasteiger partial charge is 0.385 e. The molecule has 86 valence electrons. The molecular formula is C9H15F2N3O. The van der Waals surface area contributed by atoms with Crippen LogP contribution in [0.3, 0.4) is 0 Å². The van der Waals surface area contributed by atoms with Gasteiger partial charge in [0.25, 0.3) is 6.43 Å². The minimum absolute atomic E-state index is 0.374. The first kappa shape index (κ1) is 11.9. The van der Waals surface area contributed by atoms with Crippen molar-refractivity contribution in [3.05, 3.63) is 12.4 Å². The molecule has 0 saturated carbocycles. The molecule has 0 saturated heterocycles. The van der Waals surface area contributed by atoms with Gasteiger partial charge in [-0.2, -0.15) is 0 Å². The molecule has 1 rings (SSSR count). The van der Waals surface area contributed by atoms with Gasteiger partial charge in [0, 0.05) is 32.7 Å². The van der Waals surface area contributed by atoms with E-state index in [9.17, 15) is 8.78 Å². The van der Waals surface area contributed by atoms with Gasteiger partial charge in [-0.25, -0.2) is 13.8 Å². The van der Waals surface area contributed by atoms with Crippen LogP contribution >= 0.6 is 0 Å². The van der Waals surface area contributed by atoms with Crippen LogP contribution in [0.1, 0.15) is 6.42 Å². The lowest BCUT2D eigenvalue weighted by molar-refractivity contribution is 0.163. The van der Waals surface area contributed by atoms with Gasteiger partial charge in [0.2, 0.25) is 5.95 Å². The number of nitrogens with zero attached hydrogens (tertiary/aromatic N) is 2. The lowest BCUT2D eigenvalue weighted by Crippen LogP contribution is -2.14. The van der Waals surface area contributed by atoms with Crippen LogP contribution < -0.4 is 5.32 Å². The number of aromatic nitrogens is 2. The highest BCUT2D eigenvalue weighted by atomic mass is 19.3. The van der Waals surface area contributed by atoms with Crippen molar-refractivity contribution >= 4 is 5.95 Å². The average Bonchev–Trinajstić information content (AvgIpc) is 2.63. The quantitative estimate of drug-likeness (QED) is 0.708. The normalized spacial score (nSPS) is 10.9. The summed E-state index contributed by atoms with van der Waals surface area (Å²) in [6.07, 6.45) is 1.80. The van der Waals surface area contributed by atoms with Crippen molar-refractivity contribution in [2.75, 3.05) is 25.6 Å². The van der Waals surface area contributed by atoms with E-state index in [1.54, 1.807) is 24.1 Å². The molecule has 1 aromatic rings. The predicted molar refractivity (Wildman–Crippen MR) is 53.2 cm³/mol. The molecule has 0 aliphatic rings. The number of hydrogen-bond acceptors (Lipinski definition) is 3. The molecule has 0 unspecified atom stereocenters. The molecular weight excluding hydrogens is 204 g/mol. The van der Waals surface area contributed by atoms with Gasteiger partial charge in [-0.05, 0) is 6.42 Å². The van der Waals surface area contributed by atoms with Gasteiger partial charge in [0.1, 0.15) is 0 Å². The number of nitrogens with one attached hydrogen (secondary N) is 1. The molecule has 0 aliphatic heterocycles. The minimum atomic E-state index is -2.37. The zero-order chi connectivity index (χ0) is 11.1. The Kier molecular flexibility index (Phi) is 5.03. The maximum Gasteiger partial charge on any atom is 0.255 e. The van der Waals surface area contributed by atoms with Gasteiger partial charge < -0.3 is 14.6 Å². The van der Waals surface area contributed by atoms with E-state index in [1.165, 1.54) is 0 Å². The molecule has 1 heterocycles. The van der Waals surface area contributed by atoms with Crippen LogP contribution in [0.15, 0.2) is 12.4 Å². The molecule has 4 nitrogen and oxygen atoms in total. The zero-order valence-electron chi connectivity index (χ0n) is 8.62.